The molecule has 1 saturated carbocycles. The second kappa shape index (κ2) is 10.1. The second-order valence-electron chi connectivity index (χ2n) is 11.8. The number of carbonyl (C=O) groups is 3. The van der Waals surface area contributed by atoms with Gasteiger partial charge in [-0.25, -0.2) is 0 Å². The molecule has 1 aromatic carbocycles. The average molecular weight is 580 g/mol. The van der Waals surface area contributed by atoms with Crippen LogP contribution in [0.15, 0.2) is 30.6 Å². The van der Waals surface area contributed by atoms with Crippen LogP contribution in [0.2, 0.25) is 5.02 Å². The Morgan fingerprint density at radius 1 is 1.20 bits per heavy atom. The highest BCUT2D eigenvalue weighted by Crippen LogP contribution is 2.65. The Labute approximate surface area is 233 Å². The van der Waals surface area contributed by atoms with Crippen molar-refractivity contribution in [1.82, 2.24) is 30.3 Å². The van der Waals surface area contributed by atoms with Crippen LogP contribution in [-0.2, 0) is 14.4 Å². The second-order valence-corrected chi connectivity index (χ2v) is 12.2. The molecule has 2 fully saturated rings. The first-order valence-electron chi connectivity index (χ1n) is 12.5. The van der Waals surface area contributed by atoms with Gasteiger partial charge in [0.1, 0.15) is 18.4 Å². The molecule has 5 atom stereocenters. The average Bonchev–Trinajstić information content (AvgIpc) is 3.27. The minimum absolute atomic E-state index is 0.0817. The Kier molecular flexibility index (Phi) is 7.38. The van der Waals surface area contributed by atoms with Crippen LogP contribution in [0.3, 0.4) is 0 Å². The molecule has 0 bridgehead atoms. The van der Waals surface area contributed by atoms with E-state index in [4.69, 9.17) is 11.6 Å². The van der Waals surface area contributed by atoms with E-state index in [0.717, 1.165) is 0 Å². The lowest BCUT2D eigenvalue weighted by atomic mass is 9.85. The van der Waals surface area contributed by atoms with Gasteiger partial charge in [-0.3, -0.25) is 19.0 Å². The lowest BCUT2D eigenvalue weighted by Crippen LogP contribution is -2.60. The minimum atomic E-state index is -5.19. The Balaban J connectivity index is 1.62. The summed E-state index contributed by atoms with van der Waals surface area (Å²) in [7, 11) is 0. The van der Waals surface area contributed by atoms with E-state index in [-0.39, 0.29) is 29.6 Å². The molecule has 0 spiro atoms. The molecule has 10 nitrogen and oxygen atoms in total. The Morgan fingerprint density at radius 2 is 1.88 bits per heavy atom. The molecule has 2 aromatic rings. The first kappa shape index (κ1) is 29.3. The molecule has 40 heavy (non-hydrogen) atoms. The van der Waals surface area contributed by atoms with Crippen molar-refractivity contribution >= 4 is 29.3 Å². The largest absolute Gasteiger partial charge is 0.471 e. The van der Waals surface area contributed by atoms with Crippen LogP contribution < -0.4 is 10.6 Å². The Hall–Kier alpha value is -3.66. The molecule has 2 aliphatic rings. The highest BCUT2D eigenvalue weighted by atomic mass is 35.5. The van der Waals surface area contributed by atoms with Gasteiger partial charge < -0.3 is 15.5 Å². The van der Waals surface area contributed by atoms with Gasteiger partial charge in [0.05, 0.1) is 6.07 Å². The van der Waals surface area contributed by atoms with Gasteiger partial charge in [-0.05, 0) is 40.9 Å². The number of halogens is 4. The fourth-order valence-corrected chi connectivity index (χ4v) is 5.67. The number of likely N-dealkylation sites (tertiary alicyclic amines) is 1. The summed E-state index contributed by atoms with van der Waals surface area (Å²) >= 11 is 6.09. The number of fused-ring (bicyclic) bond motifs is 1. The fraction of sp³-hybridized carbons (Fsp3) is 0.538. The van der Waals surface area contributed by atoms with Crippen molar-refractivity contribution in [2.24, 2.45) is 22.7 Å². The van der Waals surface area contributed by atoms with E-state index in [1.165, 1.54) is 36.6 Å². The molecule has 2 heterocycles. The van der Waals surface area contributed by atoms with Crippen LogP contribution in [0.4, 0.5) is 13.2 Å². The van der Waals surface area contributed by atoms with Crippen molar-refractivity contribution in [3.8, 4) is 11.8 Å². The molecule has 4 rings (SSSR count). The number of amides is 3. The third-order valence-corrected chi connectivity index (χ3v) is 7.98. The van der Waals surface area contributed by atoms with Gasteiger partial charge in [-0.15, -0.1) is 10.2 Å². The maximum atomic E-state index is 13.7. The molecule has 3 amide bonds. The summed E-state index contributed by atoms with van der Waals surface area (Å²) in [5, 5.41) is 22.7. The third-order valence-electron chi connectivity index (χ3n) is 7.74. The highest BCUT2D eigenvalue weighted by Gasteiger charge is 2.70. The topological polar surface area (TPSA) is 133 Å². The molecule has 0 radical (unpaired) electrons. The van der Waals surface area contributed by atoms with Crippen LogP contribution >= 0.6 is 11.6 Å². The quantitative estimate of drug-likeness (QED) is 0.540. The zero-order valence-electron chi connectivity index (χ0n) is 22.5. The summed E-state index contributed by atoms with van der Waals surface area (Å²) in [5.74, 6) is -3.97. The molecule has 1 aromatic heterocycles. The Bertz CT molecular complexity index is 1380. The van der Waals surface area contributed by atoms with E-state index < -0.39 is 47.4 Å². The van der Waals surface area contributed by atoms with Crippen LogP contribution in [-0.4, -0.2) is 62.2 Å². The SMILES string of the molecule is CC(C)(C)[C@H](NC(=O)C(F)(F)F)C(=O)N1C[C@H]2[C@@H]([C@H]1C(=O)NC(C#N)c1nncn1-c1cccc(Cl)c1)C2(C)C. The first-order chi connectivity index (χ1) is 18.5. The van der Waals surface area contributed by atoms with Crippen molar-refractivity contribution < 1.29 is 27.6 Å². The van der Waals surface area contributed by atoms with E-state index in [9.17, 15) is 32.8 Å². The number of alkyl halides is 3. The molecular weight excluding hydrogens is 551 g/mol. The number of nitrogens with zero attached hydrogens (tertiary/aromatic N) is 5. The number of aromatic nitrogens is 3. The number of hydrogen-bond donors (Lipinski definition) is 2. The van der Waals surface area contributed by atoms with Gasteiger partial charge in [0.25, 0.3) is 0 Å². The van der Waals surface area contributed by atoms with Crippen molar-refractivity contribution in [3.05, 3.63) is 41.4 Å². The highest BCUT2D eigenvalue weighted by molar-refractivity contribution is 6.30. The minimum Gasteiger partial charge on any atom is -0.336 e. The van der Waals surface area contributed by atoms with Crippen molar-refractivity contribution in [1.29, 1.82) is 5.26 Å². The van der Waals surface area contributed by atoms with Gasteiger partial charge in [-0.2, -0.15) is 18.4 Å². The first-order valence-corrected chi connectivity index (χ1v) is 12.9. The molecule has 2 N–H and O–H groups in total. The molecular formula is C26H29ClF3N7O3. The summed E-state index contributed by atoms with van der Waals surface area (Å²) in [6, 6.07) is 4.81. The number of piperidine rings is 1. The molecule has 1 saturated heterocycles. The van der Waals surface area contributed by atoms with Gasteiger partial charge >= 0.3 is 12.1 Å². The van der Waals surface area contributed by atoms with Crippen LogP contribution in [0, 0.1) is 34.0 Å². The zero-order chi connectivity index (χ0) is 29.8. The Morgan fingerprint density at radius 3 is 2.45 bits per heavy atom. The summed E-state index contributed by atoms with van der Waals surface area (Å²) in [4.78, 5) is 40.4. The number of hydrogen-bond acceptors (Lipinski definition) is 6. The number of carbonyl (C=O) groups excluding carboxylic acids is 3. The zero-order valence-corrected chi connectivity index (χ0v) is 23.2. The predicted octanol–water partition coefficient (Wildman–Crippen LogP) is 3.18. The van der Waals surface area contributed by atoms with E-state index >= 15 is 0 Å². The van der Waals surface area contributed by atoms with Gasteiger partial charge in [0.2, 0.25) is 11.8 Å². The van der Waals surface area contributed by atoms with E-state index in [0.29, 0.717) is 10.7 Å². The monoisotopic (exact) mass is 579 g/mol. The van der Waals surface area contributed by atoms with E-state index in [1.807, 2.05) is 25.2 Å². The van der Waals surface area contributed by atoms with E-state index in [2.05, 4.69) is 15.5 Å². The summed E-state index contributed by atoms with van der Waals surface area (Å²) < 4.78 is 40.7. The van der Waals surface area contributed by atoms with Crippen molar-refractivity contribution in [2.75, 3.05) is 6.54 Å². The van der Waals surface area contributed by atoms with Gasteiger partial charge in [0, 0.05) is 17.3 Å². The van der Waals surface area contributed by atoms with Crippen molar-refractivity contribution in [2.45, 2.75) is 58.9 Å². The summed E-state index contributed by atoms with van der Waals surface area (Å²) in [6.45, 7) is 8.57. The van der Waals surface area contributed by atoms with E-state index in [1.54, 1.807) is 24.3 Å². The lowest BCUT2D eigenvalue weighted by molar-refractivity contribution is -0.176. The summed E-state index contributed by atoms with van der Waals surface area (Å²) in [6.07, 6.45) is -3.82. The van der Waals surface area contributed by atoms with Crippen LogP contribution in [0.25, 0.3) is 5.69 Å². The number of nitriles is 1. The van der Waals surface area contributed by atoms with Gasteiger partial charge in [0.15, 0.2) is 11.9 Å². The molecule has 1 aliphatic heterocycles. The third kappa shape index (κ3) is 5.37. The fourth-order valence-electron chi connectivity index (χ4n) is 5.49. The predicted molar refractivity (Wildman–Crippen MR) is 137 cm³/mol. The van der Waals surface area contributed by atoms with Crippen LogP contribution in [0.1, 0.15) is 46.5 Å². The standard InChI is InChI=1S/C26H29ClF3N7O3/c1-24(2,3)19(34-23(40)26(28,29)30)22(39)36-11-15-17(25(15,4)5)18(36)21(38)33-16(10-31)20-35-32-12-37(20)14-8-6-7-13(27)9-14/h6-9,12,15-19H,11H2,1-5H3,(H,33,38)(H,34,40)/t15-,16?,17-,18-,19+/m0/s1. The normalized spacial score (nSPS) is 23.0. The molecule has 14 heteroatoms. The number of rotatable bonds is 6. The lowest BCUT2D eigenvalue weighted by Gasteiger charge is -2.37. The number of nitrogens with one attached hydrogen (secondary N) is 2. The van der Waals surface area contributed by atoms with Gasteiger partial charge in [-0.1, -0.05) is 52.3 Å². The maximum Gasteiger partial charge on any atom is 0.471 e. The molecule has 1 aliphatic carbocycles. The maximum absolute atomic E-state index is 13.7. The number of benzene rings is 1. The van der Waals surface area contributed by atoms with Crippen LogP contribution in [0.5, 0.6) is 0 Å². The smallest absolute Gasteiger partial charge is 0.336 e. The molecule has 214 valence electrons. The summed E-state index contributed by atoms with van der Waals surface area (Å²) in [5.41, 5.74) is -0.852. The van der Waals surface area contributed by atoms with Crippen molar-refractivity contribution in [3.63, 3.8) is 0 Å². The molecule has 1 unspecified atom stereocenters.